The standard InChI is InChI=1S/C8H13N3.ClH/c1-7-2-10-11(5-7)6-8-3-9-4-8;/h2,5,8-9H,3-4,6H2,1H3;1H. The molecule has 1 aromatic heterocycles. The van der Waals surface area contributed by atoms with E-state index >= 15 is 0 Å². The molecule has 1 aliphatic rings. The van der Waals surface area contributed by atoms with E-state index in [-0.39, 0.29) is 12.4 Å². The average Bonchev–Trinajstić information content (AvgIpc) is 2.27. The summed E-state index contributed by atoms with van der Waals surface area (Å²) in [4.78, 5) is 0. The Hall–Kier alpha value is -0.540. The van der Waals surface area contributed by atoms with Crippen LogP contribution in [0.2, 0.25) is 0 Å². The van der Waals surface area contributed by atoms with Crippen molar-refractivity contribution in [2.24, 2.45) is 5.92 Å². The molecule has 12 heavy (non-hydrogen) atoms. The van der Waals surface area contributed by atoms with E-state index in [1.165, 1.54) is 5.56 Å². The average molecular weight is 188 g/mol. The second kappa shape index (κ2) is 3.92. The van der Waals surface area contributed by atoms with Crippen molar-refractivity contribution < 1.29 is 0 Å². The summed E-state index contributed by atoms with van der Waals surface area (Å²) in [6, 6.07) is 0. The molecule has 4 heteroatoms. The lowest BCUT2D eigenvalue weighted by atomic mass is 10.0. The third kappa shape index (κ3) is 1.99. The Bertz CT molecular complexity index is 242. The summed E-state index contributed by atoms with van der Waals surface area (Å²) in [5.41, 5.74) is 1.25. The Morgan fingerprint density at radius 1 is 1.67 bits per heavy atom. The lowest BCUT2D eigenvalue weighted by Gasteiger charge is -2.26. The first kappa shape index (κ1) is 9.55. The summed E-state index contributed by atoms with van der Waals surface area (Å²) in [5.74, 6) is 0.800. The van der Waals surface area contributed by atoms with Crippen molar-refractivity contribution in [2.45, 2.75) is 13.5 Å². The Morgan fingerprint density at radius 2 is 2.42 bits per heavy atom. The van der Waals surface area contributed by atoms with E-state index in [1.54, 1.807) is 0 Å². The van der Waals surface area contributed by atoms with E-state index in [9.17, 15) is 0 Å². The van der Waals surface area contributed by atoms with Gasteiger partial charge in [-0.25, -0.2) is 0 Å². The molecule has 1 saturated heterocycles. The van der Waals surface area contributed by atoms with Gasteiger partial charge in [0.2, 0.25) is 0 Å². The van der Waals surface area contributed by atoms with Crippen LogP contribution < -0.4 is 5.32 Å². The highest BCUT2D eigenvalue weighted by Gasteiger charge is 2.16. The van der Waals surface area contributed by atoms with Crippen LogP contribution in [-0.2, 0) is 6.54 Å². The maximum atomic E-state index is 4.23. The maximum Gasteiger partial charge on any atom is 0.0518 e. The molecule has 1 fully saturated rings. The highest BCUT2D eigenvalue weighted by Crippen LogP contribution is 2.06. The van der Waals surface area contributed by atoms with Crippen LogP contribution in [-0.4, -0.2) is 22.9 Å². The van der Waals surface area contributed by atoms with E-state index in [0.717, 1.165) is 25.6 Å². The number of aryl methyl sites for hydroxylation is 1. The zero-order chi connectivity index (χ0) is 7.68. The Morgan fingerprint density at radius 3 is 2.83 bits per heavy atom. The van der Waals surface area contributed by atoms with Gasteiger partial charge in [-0.3, -0.25) is 4.68 Å². The summed E-state index contributed by atoms with van der Waals surface area (Å²) in [6.45, 7) is 5.45. The molecule has 0 aromatic carbocycles. The molecule has 0 radical (unpaired) electrons. The molecular weight excluding hydrogens is 174 g/mol. The molecule has 0 atom stereocenters. The van der Waals surface area contributed by atoms with E-state index in [1.807, 2.05) is 10.9 Å². The minimum absolute atomic E-state index is 0. The van der Waals surface area contributed by atoms with Gasteiger partial charge in [0.15, 0.2) is 0 Å². The molecule has 0 aliphatic carbocycles. The summed E-state index contributed by atoms with van der Waals surface area (Å²) in [6.07, 6.45) is 4.00. The first-order valence-electron chi connectivity index (χ1n) is 4.04. The SMILES string of the molecule is Cc1cnn(CC2CNC2)c1.Cl. The predicted molar refractivity (Wildman–Crippen MR) is 50.6 cm³/mol. The predicted octanol–water partition coefficient (Wildman–Crippen LogP) is 0.833. The van der Waals surface area contributed by atoms with Gasteiger partial charge >= 0.3 is 0 Å². The molecule has 3 nitrogen and oxygen atoms in total. The first-order valence-corrected chi connectivity index (χ1v) is 4.04. The number of nitrogens with zero attached hydrogens (tertiary/aromatic N) is 2. The van der Waals surface area contributed by atoms with Crippen LogP contribution in [0.1, 0.15) is 5.56 Å². The normalized spacial score (nSPS) is 16.8. The molecule has 0 amide bonds. The zero-order valence-electron chi connectivity index (χ0n) is 7.16. The van der Waals surface area contributed by atoms with E-state index in [2.05, 4.69) is 23.5 Å². The van der Waals surface area contributed by atoms with Crippen LogP contribution in [0.25, 0.3) is 0 Å². The molecule has 0 unspecified atom stereocenters. The van der Waals surface area contributed by atoms with Gasteiger partial charge in [0.25, 0.3) is 0 Å². The van der Waals surface area contributed by atoms with Crippen LogP contribution in [0.3, 0.4) is 0 Å². The summed E-state index contributed by atoms with van der Waals surface area (Å²) in [7, 11) is 0. The zero-order valence-corrected chi connectivity index (χ0v) is 7.97. The Balaban J connectivity index is 0.000000720. The van der Waals surface area contributed by atoms with Crippen molar-refractivity contribution in [3.63, 3.8) is 0 Å². The van der Waals surface area contributed by atoms with Gasteiger partial charge in [-0.1, -0.05) is 0 Å². The van der Waals surface area contributed by atoms with E-state index in [0.29, 0.717) is 0 Å². The maximum absolute atomic E-state index is 4.23. The Labute approximate surface area is 78.6 Å². The van der Waals surface area contributed by atoms with Crippen molar-refractivity contribution in [3.05, 3.63) is 18.0 Å². The summed E-state index contributed by atoms with van der Waals surface area (Å²) in [5, 5.41) is 7.47. The number of halogens is 1. The molecule has 68 valence electrons. The minimum Gasteiger partial charge on any atom is -0.316 e. The molecule has 2 rings (SSSR count). The quantitative estimate of drug-likeness (QED) is 0.744. The van der Waals surface area contributed by atoms with Crippen molar-refractivity contribution >= 4 is 12.4 Å². The molecule has 1 aromatic rings. The third-order valence-corrected chi connectivity index (χ3v) is 2.07. The van der Waals surface area contributed by atoms with Gasteiger partial charge in [-0.15, -0.1) is 12.4 Å². The molecule has 1 aliphatic heterocycles. The number of aromatic nitrogens is 2. The topological polar surface area (TPSA) is 29.9 Å². The second-order valence-electron chi connectivity index (χ2n) is 3.26. The van der Waals surface area contributed by atoms with Gasteiger partial charge in [-0.2, -0.15) is 5.10 Å². The summed E-state index contributed by atoms with van der Waals surface area (Å²) >= 11 is 0. The fraction of sp³-hybridized carbons (Fsp3) is 0.625. The lowest BCUT2D eigenvalue weighted by Crippen LogP contribution is -2.44. The first-order chi connectivity index (χ1) is 5.34. The van der Waals surface area contributed by atoms with E-state index in [4.69, 9.17) is 0 Å². The van der Waals surface area contributed by atoms with Crippen molar-refractivity contribution in [1.29, 1.82) is 0 Å². The van der Waals surface area contributed by atoms with E-state index < -0.39 is 0 Å². The molecule has 0 spiro atoms. The van der Waals surface area contributed by atoms with Crippen LogP contribution in [0.5, 0.6) is 0 Å². The summed E-state index contributed by atoms with van der Waals surface area (Å²) < 4.78 is 2.03. The number of hydrogen-bond acceptors (Lipinski definition) is 2. The number of rotatable bonds is 2. The fourth-order valence-corrected chi connectivity index (χ4v) is 1.31. The minimum atomic E-state index is 0. The van der Waals surface area contributed by atoms with Crippen molar-refractivity contribution in [2.75, 3.05) is 13.1 Å². The molecule has 0 bridgehead atoms. The monoisotopic (exact) mass is 187 g/mol. The van der Waals surface area contributed by atoms with Crippen molar-refractivity contribution in [1.82, 2.24) is 15.1 Å². The van der Waals surface area contributed by atoms with Crippen molar-refractivity contribution in [3.8, 4) is 0 Å². The molecule has 0 saturated carbocycles. The highest BCUT2D eigenvalue weighted by atomic mass is 35.5. The molecule has 2 heterocycles. The fourth-order valence-electron chi connectivity index (χ4n) is 1.31. The van der Waals surface area contributed by atoms with Gasteiger partial charge in [-0.05, 0) is 12.5 Å². The molecular formula is C8H14ClN3. The van der Waals surface area contributed by atoms with Gasteiger partial charge in [0.05, 0.1) is 6.20 Å². The number of nitrogens with one attached hydrogen (secondary N) is 1. The molecule has 1 N–H and O–H groups in total. The highest BCUT2D eigenvalue weighted by molar-refractivity contribution is 5.85. The van der Waals surface area contributed by atoms with Gasteiger partial charge < -0.3 is 5.32 Å². The third-order valence-electron chi connectivity index (χ3n) is 2.07. The number of hydrogen-bond donors (Lipinski definition) is 1. The Kier molecular flexibility index (Phi) is 3.12. The van der Waals surface area contributed by atoms with Crippen LogP contribution >= 0.6 is 12.4 Å². The lowest BCUT2D eigenvalue weighted by molar-refractivity contribution is 0.295. The van der Waals surface area contributed by atoms with Gasteiger partial charge in [0, 0.05) is 31.7 Å². The second-order valence-corrected chi connectivity index (χ2v) is 3.26. The van der Waals surface area contributed by atoms with Crippen LogP contribution in [0, 0.1) is 12.8 Å². The van der Waals surface area contributed by atoms with Crippen LogP contribution in [0.4, 0.5) is 0 Å². The smallest absolute Gasteiger partial charge is 0.0518 e. The largest absolute Gasteiger partial charge is 0.316 e. The van der Waals surface area contributed by atoms with Crippen LogP contribution in [0.15, 0.2) is 12.4 Å². The van der Waals surface area contributed by atoms with Gasteiger partial charge in [0.1, 0.15) is 0 Å².